The topological polar surface area (TPSA) is 64.5 Å². The lowest BCUT2D eigenvalue weighted by Crippen LogP contribution is -2.02. The van der Waals surface area contributed by atoms with Gasteiger partial charge in [0.1, 0.15) is 0 Å². The summed E-state index contributed by atoms with van der Waals surface area (Å²) in [6.07, 6.45) is 0. The van der Waals surface area contributed by atoms with Gasteiger partial charge in [-0.15, -0.1) is 0 Å². The van der Waals surface area contributed by atoms with Gasteiger partial charge in [0.25, 0.3) is 0 Å². The number of benzene rings is 5. The molecule has 0 saturated carbocycles. The van der Waals surface area contributed by atoms with E-state index in [1.807, 2.05) is 133 Å². The van der Waals surface area contributed by atoms with Crippen molar-refractivity contribution >= 4 is 0 Å². The SMILES string of the molecule is c1ccc(-c2cc(-c3ccccc3-c3nc(-c4ccccc4)nc(-c4ccccc4)n3)nc(-c3ccccc3)n2)cc1. The predicted molar refractivity (Wildman–Crippen MR) is 168 cm³/mol. The summed E-state index contributed by atoms with van der Waals surface area (Å²) in [5.41, 5.74) is 7.25. The highest BCUT2D eigenvalue weighted by Gasteiger charge is 2.18. The Morgan fingerprint density at radius 1 is 0.262 bits per heavy atom. The van der Waals surface area contributed by atoms with Gasteiger partial charge in [-0.2, -0.15) is 0 Å². The third kappa shape index (κ3) is 5.19. The minimum absolute atomic E-state index is 0.583. The smallest absolute Gasteiger partial charge is 0.164 e. The second-order valence-corrected chi connectivity index (χ2v) is 9.78. The maximum Gasteiger partial charge on any atom is 0.164 e. The molecule has 0 radical (unpaired) electrons. The molecule has 198 valence electrons. The van der Waals surface area contributed by atoms with Gasteiger partial charge in [-0.25, -0.2) is 24.9 Å². The fraction of sp³-hybridized carbons (Fsp3) is 0. The second-order valence-electron chi connectivity index (χ2n) is 9.78. The molecule has 0 fully saturated rings. The number of hydrogen-bond acceptors (Lipinski definition) is 5. The first-order valence-corrected chi connectivity index (χ1v) is 13.8. The molecule has 0 spiro atoms. The average Bonchev–Trinajstić information content (AvgIpc) is 3.09. The fourth-order valence-corrected chi connectivity index (χ4v) is 4.89. The van der Waals surface area contributed by atoms with Crippen molar-refractivity contribution in [1.82, 2.24) is 24.9 Å². The van der Waals surface area contributed by atoms with Crippen LogP contribution in [0.5, 0.6) is 0 Å². The van der Waals surface area contributed by atoms with E-state index < -0.39 is 0 Å². The van der Waals surface area contributed by atoms with Crippen LogP contribution in [-0.2, 0) is 0 Å². The van der Waals surface area contributed by atoms with Crippen LogP contribution in [0.1, 0.15) is 0 Å². The fourth-order valence-electron chi connectivity index (χ4n) is 4.89. The van der Waals surface area contributed by atoms with E-state index in [2.05, 4.69) is 18.2 Å². The molecule has 0 bridgehead atoms. The molecule has 0 amide bonds. The molecule has 2 heterocycles. The highest BCUT2D eigenvalue weighted by Crippen LogP contribution is 2.34. The van der Waals surface area contributed by atoms with E-state index in [4.69, 9.17) is 24.9 Å². The Morgan fingerprint density at radius 2 is 0.619 bits per heavy atom. The molecule has 2 aromatic heterocycles. The molecule has 0 saturated heterocycles. The van der Waals surface area contributed by atoms with Crippen molar-refractivity contribution in [2.24, 2.45) is 0 Å². The van der Waals surface area contributed by atoms with E-state index in [-0.39, 0.29) is 0 Å². The molecule has 0 unspecified atom stereocenters. The van der Waals surface area contributed by atoms with E-state index in [0.29, 0.717) is 23.3 Å². The monoisotopic (exact) mass is 539 g/mol. The van der Waals surface area contributed by atoms with Crippen molar-refractivity contribution < 1.29 is 0 Å². The zero-order chi connectivity index (χ0) is 28.1. The molecular formula is C37H25N5. The summed E-state index contributed by atoms with van der Waals surface area (Å²) >= 11 is 0. The molecule has 0 aliphatic rings. The molecule has 7 aromatic rings. The van der Waals surface area contributed by atoms with Gasteiger partial charge in [0.05, 0.1) is 11.4 Å². The molecule has 5 heteroatoms. The number of rotatable bonds is 6. The van der Waals surface area contributed by atoms with Crippen LogP contribution < -0.4 is 0 Å². The lowest BCUT2D eigenvalue weighted by molar-refractivity contribution is 1.07. The average molecular weight is 540 g/mol. The Balaban J connectivity index is 1.44. The predicted octanol–water partition coefficient (Wildman–Crippen LogP) is 8.66. The summed E-state index contributed by atoms with van der Waals surface area (Å²) < 4.78 is 0. The molecule has 5 nitrogen and oxygen atoms in total. The second kappa shape index (κ2) is 11.4. The van der Waals surface area contributed by atoms with Crippen LogP contribution >= 0.6 is 0 Å². The zero-order valence-electron chi connectivity index (χ0n) is 22.7. The first kappa shape index (κ1) is 25.2. The van der Waals surface area contributed by atoms with Crippen molar-refractivity contribution in [2.75, 3.05) is 0 Å². The van der Waals surface area contributed by atoms with E-state index in [0.717, 1.165) is 44.8 Å². The zero-order valence-corrected chi connectivity index (χ0v) is 22.7. The van der Waals surface area contributed by atoms with Crippen LogP contribution in [0.25, 0.3) is 68.1 Å². The summed E-state index contributed by atoms with van der Waals surface area (Å²) in [5.74, 6) is 2.48. The van der Waals surface area contributed by atoms with Gasteiger partial charge in [-0.1, -0.05) is 146 Å². The van der Waals surface area contributed by atoms with Crippen LogP contribution in [0, 0.1) is 0 Å². The largest absolute Gasteiger partial charge is 0.228 e. The van der Waals surface area contributed by atoms with Crippen LogP contribution in [-0.4, -0.2) is 24.9 Å². The number of hydrogen-bond donors (Lipinski definition) is 0. The van der Waals surface area contributed by atoms with Gasteiger partial charge >= 0.3 is 0 Å². The van der Waals surface area contributed by atoms with Crippen molar-refractivity contribution in [3.05, 3.63) is 152 Å². The summed E-state index contributed by atoms with van der Waals surface area (Å²) in [4.78, 5) is 24.8. The van der Waals surface area contributed by atoms with Gasteiger partial charge in [-0.05, 0) is 6.07 Å². The van der Waals surface area contributed by atoms with Gasteiger partial charge in [0.15, 0.2) is 23.3 Å². The number of nitrogens with zero attached hydrogens (tertiary/aromatic N) is 5. The number of aromatic nitrogens is 5. The quantitative estimate of drug-likeness (QED) is 0.212. The Morgan fingerprint density at radius 3 is 1.12 bits per heavy atom. The maximum atomic E-state index is 5.06. The standard InChI is InChI=1S/C37H25N5/c1-5-15-26(16-6-1)32-25-33(39-34(38-32)27-17-7-2-8-18-27)30-23-13-14-24-31(30)37-41-35(28-19-9-3-10-20-28)40-36(42-37)29-21-11-4-12-22-29/h1-25H. The molecule has 42 heavy (non-hydrogen) atoms. The first-order valence-electron chi connectivity index (χ1n) is 13.8. The first-order chi connectivity index (χ1) is 20.8. The van der Waals surface area contributed by atoms with Gasteiger partial charge in [-0.3, -0.25) is 0 Å². The molecular weight excluding hydrogens is 514 g/mol. The lowest BCUT2D eigenvalue weighted by Gasteiger charge is -2.13. The maximum absolute atomic E-state index is 5.06. The van der Waals surface area contributed by atoms with Crippen LogP contribution in [0.3, 0.4) is 0 Å². The molecule has 0 N–H and O–H groups in total. The molecule has 5 aromatic carbocycles. The van der Waals surface area contributed by atoms with Gasteiger partial charge in [0, 0.05) is 33.4 Å². The summed E-state index contributed by atoms with van der Waals surface area (Å²) in [6.45, 7) is 0. The van der Waals surface area contributed by atoms with Crippen molar-refractivity contribution in [2.45, 2.75) is 0 Å². The van der Waals surface area contributed by atoms with E-state index in [1.165, 1.54) is 0 Å². The van der Waals surface area contributed by atoms with Gasteiger partial charge < -0.3 is 0 Å². The summed E-state index contributed by atoms with van der Waals surface area (Å²) in [6, 6.07) is 50.4. The third-order valence-electron chi connectivity index (χ3n) is 6.97. The third-order valence-corrected chi connectivity index (χ3v) is 6.97. The molecule has 0 aliphatic heterocycles. The van der Waals surface area contributed by atoms with Gasteiger partial charge in [0.2, 0.25) is 0 Å². The van der Waals surface area contributed by atoms with E-state index in [1.54, 1.807) is 0 Å². The van der Waals surface area contributed by atoms with Crippen molar-refractivity contribution in [3.63, 3.8) is 0 Å². The van der Waals surface area contributed by atoms with Crippen LogP contribution in [0.2, 0.25) is 0 Å². The Bertz CT molecular complexity index is 1700. The highest BCUT2D eigenvalue weighted by molar-refractivity contribution is 5.82. The Labute approximate surface area is 244 Å². The minimum atomic E-state index is 0.583. The summed E-state index contributed by atoms with van der Waals surface area (Å²) in [5, 5.41) is 0. The molecule has 0 atom stereocenters. The van der Waals surface area contributed by atoms with E-state index in [9.17, 15) is 0 Å². The van der Waals surface area contributed by atoms with Crippen molar-refractivity contribution in [1.29, 1.82) is 0 Å². The normalized spacial score (nSPS) is 10.9. The highest BCUT2D eigenvalue weighted by atomic mass is 15.0. The minimum Gasteiger partial charge on any atom is -0.228 e. The Kier molecular flexibility index (Phi) is 6.81. The van der Waals surface area contributed by atoms with Crippen LogP contribution in [0.15, 0.2) is 152 Å². The van der Waals surface area contributed by atoms with Crippen molar-refractivity contribution in [3.8, 4) is 68.1 Å². The van der Waals surface area contributed by atoms with Crippen LogP contribution in [0.4, 0.5) is 0 Å². The molecule has 0 aliphatic carbocycles. The van der Waals surface area contributed by atoms with E-state index >= 15 is 0 Å². The molecule has 7 rings (SSSR count). The Hall–Kier alpha value is -5.81. The lowest BCUT2D eigenvalue weighted by atomic mass is 10.0. The summed E-state index contributed by atoms with van der Waals surface area (Å²) in [7, 11) is 0.